The summed E-state index contributed by atoms with van der Waals surface area (Å²) in [6.45, 7) is 8.85. The van der Waals surface area contributed by atoms with Crippen LogP contribution < -0.4 is 5.32 Å². The third kappa shape index (κ3) is 2.29. The third-order valence-electron chi connectivity index (χ3n) is 4.92. The largest absolute Gasteiger partial charge is 0.323 e. The van der Waals surface area contributed by atoms with E-state index in [1.54, 1.807) is 0 Å². The van der Waals surface area contributed by atoms with Crippen LogP contribution >= 0.6 is 0 Å². The SMILES string of the molecule is CCC(C)CC(C)N1C(=O)C2(CCCC2)NC1C. The monoisotopic (exact) mass is 252 g/mol. The van der Waals surface area contributed by atoms with E-state index in [1.165, 1.54) is 19.3 Å². The van der Waals surface area contributed by atoms with Gasteiger partial charge in [0.2, 0.25) is 5.91 Å². The molecular formula is C15H28N2O. The van der Waals surface area contributed by atoms with Crippen LogP contribution in [0.3, 0.4) is 0 Å². The Kier molecular flexibility index (Phi) is 4.00. The molecule has 0 radical (unpaired) electrons. The van der Waals surface area contributed by atoms with Gasteiger partial charge in [0.25, 0.3) is 0 Å². The van der Waals surface area contributed by atoms with Crippen molar-refractivity contribution in [3.05, 3.63) is 0 Å². The van der Waals surface area contributed by atoms with Crippen molar-refractivity contribution in [2.45, 2.75) is 84.0 Å². The first-order chi connectivity index (χ1) is 8.50. The molecule has 3 nitrogen and oxygen atoms in total. The Bertz CT molecular complexity index is 310. The summed E-state index contributed by atoms with van der Waals surface area (Å²) in [5.74, 6) is 1.06. The van der Waals surface area contributed by atoms with Gasteiger partial charge in [-0.15, -0.1) is 0 Å². The summed E-state index contributed by atoms with van der Waals surface area (Å²) in [7, 11) is 0. The number of hydrogen-bond acceptors (Lipinski definition) is 2. The molecule has 2 rings (SSSR count). The minimum absolute atomic E-state index is 0.203. The van der Waals surface area contributed by atoms with E-state index in [4.69, 9.17) is 0 Å². The molecule has 1 aliphatic heterocycles. The van der Waals surface area contributed by atoms with Crippen molar-refractivity contribution in [3.8, 4) is 0 Å². The van der Waals surface area contributed by atoms with Crippen molar-refractivity contribution < 1.29 is 4.79 Å². The molecule has 3 heteroatoms. The van der Waals surface area contributed by atoms with Gasteiger partial charge in [0.05, 0.1) is 11.7 Å². The van der Waals surface area contributed by atoms with Crippen LogP contribution in [0.2, 0.25) is 0 Å². The molecule has 0 aromatic heterocycles. The van der Waals surface area contributed by atoms with E-state index in [1.807, 2.05) is 0 Å². The van der Waals surface area contributed by atoms with Crippen molar-refractivity contribution in [3.63, 3.8) is 0 Å². The third-order valence-corrected chi connectivity index (χ3v) is 4.92. The summed E-state index contributed by atoms with van der Waals surface area (Å²) in [6.07, 6.45) is 6.96. The standard InChI is InChI=1S/C15H28N2O/c1-5-11(2)10-12(3)17-13(4)16-15(14(17)18)8-6-7-9-15/h11-13,16H,5-10H2,1-4H3. The van der Waals surface area contributed by atoms with E-state index < -0.39 is 0 Å². The first-order valence-corrected chi connectivity index (χ1v) is 7.60. The highest BCUT2D eigenvalue weighted by molar-refractivity contribution is 5.89. The second-order valence-electron chi connectivity index (χ2n) is 6.42. The zero-order valence-electron chi connectivity index (χ0n) is 12.3. The summed E-state index contributed by atoms with van der Waals surface area (Å²) < 4.78 is 0. The number of hydrogen-bond donors (Lipinski definition) is 1. The number of nitrogens with one attached hydrogen (secondary N) is 1. The summed E-state index contributed by atoms with van der Waals surface area (Å²) in [4.78, 5) is 14.8. The first-order valence-electron chi connectivity index (χ1n) is 7.60. The topological polar surface area (TPSA) is 32.3 Å². The molecule has 1 N–H and O–H groups in total. The van der Waals surface area contributed by atoms with Crippen LogP contribution in [-0.2, 0) is 4.79 Å². The highest BCUT2D eigenvalue weighted by Crippen LogP contribution is 2.37. The van der Waals surface area contributed by atoms with Gasteiger partial charge in [-0.1, -0.05) is 33.1 Å². The minimum Gasteiger partial charge on any atom is -0.323 e. The van der Waals surface area contributed by atoms with Crippen LogP contribution in [0.1, 0.15) is 66.2 Å². The molecular weight excluding hydrogens is 224 g/mol. The molecule has 2 aliphatic rings. The molecule has 0 bridgehead atoms. The second kappa shape index (κ2) is 5.20. The number of carbonyl (C=O) groups is 1. The van der Waals surface area contributed by atoms with E-state index in [9.17, 15) is 4.79 Å². The van der Waals surface area contributed by atoms with E-state index in [0.717, 1.165) is 19.3 Å². The molecule has 3 unspecified atom stereocenters. The Hall–Kier alpha value is -0.570. The normalized spacial score (nSPS) is 30.1. The average Bonchev–Trinajstić information content (AvgIpc) is 2.86. The zero-order valence-corrected chi connectivity index (χ0v) is 12.3. The van der Waals surface area contributed by atoms with Crippen LogP contribution in [0, 0.1) is 5.92 Å². The van der Waals surface area contributed by atoms with E-state index in [2.05, 4.69) is 37.9 Å². The summed E-state index contributed by atoms with van der Waals surface area (Å²) >= 11 is 0. The highest BCUT2D eigenvalue weighted by atomic mass is 16.2. The van der Waals surface area contributed by atoms with Gasteiger partial charge in [0, 0.05) is 6.04 Å². The zero-order chi connectivity index (χ0) is 13.3. The molecule has 1 saturated carbocycles. The lowest BCUT2D eigenvalue weighted by Crippen LogP contribution is -2.45. The quantitative estimate of drug-likeness (QED) is 0.834. The van der Waals surface area contributed by atoms with Crippen LogP contribution in [0.15, 0.2) is 0 Å². The molecule has 0 aromatic rings. The molecule has 2 fully saturated rings. The minimum atomic E-state index is -0.205. The summed E-state index contributed by atoms with van der Waals surface area (Å²) in [5.41, 5.74) is -0.205. The van der Waals surface area contributed by atoms with Gasteiger partial charge in [-0.05, 0) is 39.0 Å². The predicted octanol–water partition coefficient (Wildman–Crippen LogP) is 2.90. The highest BCUT2D eigenvalue weighted by Gasteiger charge is 2.51. The molecule has 3 atom stereocenters. The lowest BCUT2D eigenvalue weighted by Gasteiger charge is -2.30. The molecule has 1 aliphatic carbocycles. The fraction of sp³-hybridized carbons (Fsp3) is 0.933. The molecule has 1 heterocycles. The molecule has 0 aromatic carbocycles. The summed E-state index contributed by atoms with van der Waals surface area (Å²) in [6, 6.07) is 0.356. The van der Waals surface area contributed by atoms with Gasteiger partial charge in [-0.25, -0.2) is 0 Å². The van der Waals surface area contributed by atoms with Crippen molar-refractivity contribution in [2.24, 2.45) is 5.92 Å². The van der Waals surface area contributed by atoms with Gasteiger partial charge in [0.15, 0.2) is 0 Å². The summed E-state index contributed by atoms with van der Waals surface area (Å²) in [5, 5.41) is 3.58. The van der Waals surface area contributed by atoms with Gasteiger partial charge in [0.1, 0.15) is 0 Å². The Morgan fingerprint density at radius 3 is 2.56 bits per heavy atom. The van der Waals surface area contributed by atoms with Crippen molar-refractivity contribution in [1.29, 1.82) is 0 Å². The number of nitrogens with zero attached hydrogens (tertiary/aromatic N) is 1. The molecule has 18 heavy (non-hydrogen) atoms. The van der Waals surface area contributed by atoms with Crippen LogP contribution in [0.4, 0.5) is 0 Å². The van der Waals surface area contributed by atoms with Gasteiger partial charge < -0.3 is 4.90 Å². The predicted molar refractivity (Wildman–Crippen MR) is 74.2 cm³/mol. The van der Waals surface area contributed by atoms with Gasteiger partial charge >= 0.3 is 0 Å². The maximum atomic E-state index is 12.7. The number of amides is 1. The van der Waals surface area contributed by atoms with Crippen LogP contribution in [0.5, 0.6) is 0 Å². The fourth-order valence-electron chi connectivity index (χ4n) is 3.74. The van der Waals surface area contributed by atoms with E-state index >= 15 is 0 Å². The van der Waals surface area contributed by atoms with Crippen molar-refractivity contribution in [1.82, 2.24) is 10.2 Å². The lowest BCUT2D eigenvalue weighted by atomic mass is 9.95. The maximum Gasteiger partial charge on any atom is 0.244 e. The average molecular weight is 252 g/mol. The Morgan fingerprint density at radius 1 is 1.39 bits per heavy atom. The van der Waals surface area contributed by atoms with Crippen LogP contribution in [-0.4, -0.2) is 28.6 Å². The second-order valence-corrected chi connectivity index (χ2v) is 6.42. The number of carbonyl (C=O) groups excluding carboxylic acids is 1. The smallest absolute Gasteiger partial charge is 0.244 e. The lowest BCUT2D eigenvalue weighted by molar-refractivity contribution is -0.135. The fourth-order valence-corrected chi connectivity index (χ4v) is 3.74. The molecule has 1 amide bonds. The van der Waals surface area contributed by atoms with E-state index in [0.29, 0.717) is 17.9 Å². The molecule has 1 spiro atoms. The van der Waals surface area contributed by atoms with E-state index in [-0.39, 0.29) is 11.7 Å². The maximum absolute atomic E-state index is 12.7. The Labute approximate surface area is 111 Å². The van der Waals surface area contributed by atoms with Crippen molar-refractivity contribution >= 4 is 5.91 Å². The molecule has 104 valence electrons. The Morgan fingerprint density at radius 2 is 2.00 bits per heavy atom. The van der Waals surface area contributed by atoms with Gasteiger partial charge in [-0.2, -0.15) is 0 Å². The van der Waals surface area contributed by atoms with Gasteiger partial charge in [-0.3, -0.25) is 10.1 Å². The first kappa shape index (κ1) is 13.9. The molecule has 1 saturated heterocycles. The van der Waals surface area contributed by atoms with Crippen molar-refractivity contribution in [2.75, 3.05) is 0 Å². The Balaban J connectivity index is 2.06. The van der Waals surface area contributed by atoms with Crippen LogP contribution in [0.25, 0.3) is 0 Å². The number of rotatable bonds is 4.